The average molecular weight is 461 g/mol. The molecule has 174 valence electrons. The van der Waals surface area contributed by atoms with Crippen molar-refractivity contribution in [3.63, 3.8) is 0 Å². The van der Waals surface area contributed by atoms with Crippen LogP contribution in [0.1, 0.15) is 34.6 Å². The van der Waals surface area contributed by atoms with Crippen LogP contribution in [0.2, 0.25) is 0 Å². The fraction of sp³-hybridized carbons (Fsp3) is 0.231. The van der Waals surface area contributed by atoms with Crippen molar-refractivity contribution < 1.29 is 13.9 Å². The van der Waals surface area contributed by atoms with Gasteiger partial charge in [0.05, 0.1) is 29.8 Å². The molecule has 1 atom stereocenters. The fourth-order valence-corrected chi connectivity index (χ4v) is 3.76. The summed E-state index contributed by atoms with van der Waals surface area (Å²) < 4.78 is 20.6. The molecule has 0 saturated carbocycles. The Hall–Kier alpha value is -3.91. The molecular weight excluding hydrogens is 435 g/mol. The summed E-state index contributed by atoms with van der Waals surface area (Å²) in [6.45, 7) is 6.45. The summed E-state index contributed by atoms with van der Waals surface area (Å²) in [5, 5.41) is 8.26. The predicted molar refractivity (Wildman–Crippen MR) is 128 cm³/mol. The predicted octanol–water partition coefficient (Wildman–Crippen LogP) is 1.95. The van der Waals surface area contributed by atoms with Crippen molar-refractivity contribution in [2.75, 3.05) is 13.2 Å². The first-order valence-corrected chi connectivity index (χ1v) is 10.9. The molecule has 1 aliphatic heterocycles. The number of alkyl halides is 1. The summed E-state index contributed by atoms with van der Waals surface area (Å²) in [4.78, 5) is 29.7. The number of hydrogen-bond donors (Lipinski definition) is 1. The minimum Gasteiger partial charge on any atom is -0.373 e. The molecule has 34 heavy (non-hydrogen) atoms. The van der Waals surface area contributed by atoms with Gasteiger partial charge in [-0.2, -0.15) is 5.10 Å². The molecular formula is C26H25FN4O3. The molecule has 1 aromatic carbocycles. The second kappa shape index (κ2) is 9.93. The first-order chi connectivity index (χ1) is 16.4. The molecule has 3 heterocycles. The topological polar surface area (TPSA) is 86.1 Å². The van der Waals surface area contributed by atoms with Crippen molar-refractivity contribution in [1.29, 1.82) is 0 Å². The lowest BCUT2D eigenvalue weighted by Gasteiger charge is -2.20. The van der Waals surface area contributed by atoms with Gasteiger partial charge in [-0.15, -0.1) is 0 Å². The van der Waals surface area contributed by atoms with Crippen LogP contribution in [-0.2, 0) is 18.4 Å². The Morgan fingerprint density at radius 1 is 1.32 bits per heavy atom. The average Bonchev–Trinajstić information content (AvgIpc) is 2.84. The van der Waals surface area contributed by atoms with Crippen molar-refractivity contribution >= 4 is 18.1 Å². The third kappa shape index (κ3) is 4.87. The number of nitrogens with one attached hydrogen (secondary N) is 1. The van der Waals surface area contributed by atoms with Gasteiger partial charge < -0.3 is 10.1 Å². The van der Waals surface area contributed by atoms with Crippen LogP contribution in [0.3, 0.4) is 0 Å². The Morgan fingerprint density at radius 3 is 2.94 bits per heavy atom. The number of halogens is 1. The number of pyridine rings is 1. The Labute approximate surface area is 195 Å². The second-order valence-corrected chi connectivity index (χ2v) is 8.01. The van der Waals surface area contributed by atoms with Crippen LogP contribution in [-0.4, -0.2) is 33.8 Å². The minimum absolute atomic E-state index is 0.00172. The van der Waals surface area contributed by atoms with Crippen LogP contribution in [0.15, 0.2) is 59.5 Å². The number of aryl methyl sites for hydroxylation is 1. The van der Waals surface area contributed by atoms with Gasteiger partial charge in [0, 0.05) is 25.4 Å². The number of amides is 1. The molecule has 1 aliphatic rings. The van der Waals surface area contributed by atoms with Crippen molar-refractivity contribution in [2.45, 2.75) is 19.7 Å². The van der Waals surface area contributed by atoms with Crippen molar-refractivity contribution in [2.24, 2.45) is 7.05 Å². The van der Waals surface area contributed by atoms with Gasteiger partial charge in [-0.1, -0.05) is 24.8 Å². The van der Waals surface area contributed by atoms with Gasteiger partial charge in [0.1, 0.15) is 6.17 Å². The molecule has 0 spiro atoms. The highest BCUT2D eigenvalue weighted by atomic mass is 19.1. The summed E-state index contributed by atoms with van der Waals surface area (Å²) >= 11 is 0. The molecule has 8 heteroatoms. The van der Waals surface area contributed by atoms with Gasteiger partial charge in [0.2, 0.25) is 0 Å². The van der Waals surface area contributed by atoms with E-state index in [0.717, 1.165) is 10.8 Å². The largest absolute Gasteiger partial charge is 0.373 e. The van der Waals surface area contributed by atoms with E-state index in [1.165, 1.54) is 4.68 Å². The van der Waals surface area contributed by atoms with Gasteiger partial charge >= 0.3 is 0 Å². The maximum atomic E-state index is 14.1. The Morgan fingerprint density at radius 2 is 2.15 bits per heavy atom. The van der Waals surface area contributed by atoms with E-state index in [2.05, 4.69) is 22.0 Å². The quantitative estimate of drug-likeness (QED) is 0.629. The number of benzene rings is 1. The molecule has 0 aliphatic carbocycles. The van der Waals surface area contributed by atoms with E-state index in [1.54, 1.807) is 49.7 Å². The smallest absolute Gasteiger partial charge is 0.275 e. The number of carbonyl (C=O) groups is 1. The molecule has 1 amide bonds. The SMILES string of the molecule is C=C(/C=c1/nc(-c2ccnn(C)c2=O)cc/c1=C/C)CNC(=O)c1ccc2c(c1)C(F)COC2. The molecule has 7 nitrogen and oxygen atoms in total. The van der Waals surface area contributed by atoms with E-state index in [4.69, 9.17) is 4.74 Å². The third-order valence-electron chi connectivity index (χ3n) is 5.63. The number of rotatable bonds is 5. The molecule has 0 saturated heterocycles. The molecule has 1 unspecified atom stereocenters. The molecule has 4 rings (SSSR count). The van der Waals surface area contributed by atoms with E-state index >= 15 is 0 Å². The molecule has 1 N–H and O–H groups in total. The second-order valence-electron chi connectivity index (χ2n) is 8.01. The molecule has 0 fully saturated rings. The zero-order valence-corrected chi connectivity index (χ0v) is 19.0. The monoisotopic (exact) mass is 460 g/mol. The molecule has 3 aromatic rings. The zero-order valence-electron chi connectivity index (χ0n) is 19.0. The maximum Gasteiger partial charge on any atom is 0.275 e. The first kappa shape index (κ1) is 23.3. The number of carbonyl (C=O) groups excluding carboxylic acids is 1. The maximum absolute atomic E-state index is 14.1. The van der Waals surface area contributed by atoms with Gasteiger partial charge in [0.15, 0.2) is 0 Å². The van der Waals surface area contributed by atoms with Crippen LogP contribution in [0.25, 0.3) is 23.4 Å². The Balaban J connectivity index is 1.54. The lowest BCUT2D eigenvalue weighted by Crippen LogP contribution is -2.31. The molecule has 2 aromatic heterocycles. The van der Waals surface area contributed by atoms with Gasteiger partial charge in [-0.3, -0.25) is 9.59 Å². The highest BCUT2D eigenvalue weighted by Gasteiger charge is 2.21. The van der Waals surface area contributed by atoms with Crippen molar-refractivity contribution in [3.05, 3.63) is 92.4 Å². The number of ether oxygens (including phenoxy) is 1. The normalized spacial score (nSPS) is 16.3. The van der Waals surface area contributed by atoms with Crippen LogP contribution in [0.4, 0.5) is 4.39 Å². The highest BCUT2D eigenvalue weighted by Crippen LogP contribution is 2.28. The highest BCUT2D eigenvalue weighted by molar-refractivity contribution is 5.94. The van der Waals surface area contributed by atoms with E-state index in [0.29, 0.717) is 39.9 Å². The lowest BCUT2D eigenvalue weighted by atomic mass is 9.99. The number of nitrogens with zero attached hydrogens (tertiary/aromatic N) is 3. The van der Waals surface area contributed by atoms with Crippen LogP contribution in [0, 0.1) is 0 Å². The Bertz CT molecular complexity index is 1450. The first-order valence-electron chi connectivity index (χ1n) is 10.9. The van der Waals surface area contributed by atoms with E-state index in [1.807, 2.05) is 19.1 Å². The Kier molecular flexibility index (Phi) is 6.79. The number of hydrogen-bond acceptors (Lipinski definition) is 5. The number of fused-ring (bicyclic) bond motifs is 1. The number of aromatic nitrogens is 3. The fourth-order valence-electron chi connectivity index (χ4n) is 3.76. The molecule has 0 bridgehead atoms. The lowest BCUT2D eigenvalue weighted by molar-refractivity contribution is 0.0512. The van der Waals surface area contributed by atoms with Crippen molar-refractivity contribution in [3.8, 4) is 11.3 Å². The van der Waals surface area contributed by atoms with Crippen LogP contribution < -0.4 is 21.4 Å². The van der Waals surface area contributed by atoms with E-state index in [9.17, 15) is 14.0 Å². The van der Waals surface area contributed by atoms with E-state index < -0.39 is 6.17 Å². The standard InChI is InChI=1S/C26H25FN4O3/c1-4-17-7-8-23(20-9-10-29-31(3)26(20)33)30-24(17)11-16(2)13-28-25(32)18-5-6-19-14-34-15-22(27)21(19)12-18/h4-12,22H,2,13-15H2,1,3H3,(H,28,32)/b17-4-,24-11+. The van der Waals surface area contributed by atoms with Crippen LogP contribution in [0.5, 0.6) is 0 Å². The summed E-state index contributed by atoms with van der Waals surface area (Å²) in [7, 11) is 1.58. The van der Waals surface area contributed by atoms with Gasteiger partial charge in [-0.25, -0.2) is 14.1 Å². The van der Waals surface area contributed by atoms with Crippen LogP contribution >= 0.6 is 0 Å². The summed E-state index contributed by atoms with van der Waals surface area (Å²) in [5.74, 6) is -0.319. The van der Waals surface area contributed by atoms with Gasteiger partial charge in [0.25, 0.3) is 11.5 Å². The van der Waals surface area contributed by atoms with Crippen molar-refractivity contribution in [1.82, 2.24) is 20.1 Å². The minimum atomic E-state index is -1.24. The summed E-state index contributed by atoms with van der Waals surface area (Å²) in [5.41, 5.74) is 2.98. The third-order valence-corrected chi connectivity index (χ3v) is 5.63. The zero-order chi connectivity index (χ0) is 24.2. The van der Waals surface area contributed by atoms with Gasteiger partial charge in [-0.05, 0) is 59.2 Å². The van der Waals surface area contributed by atoms with E-state index in [-0.39, 0.29) is 24.6 Å². The summed E-state index contributed by atoms with van der Waals surface area (Å²) in [6, 6.07) is 10.3. The summed E-state index contributed by atoms with van der Waals surface area (Å²) in [6.07, 6.45) is 3.99. The molecule has 0 radical (unpaired) electrons.